The molecule has 0 aromatic heterocycles. The Morgan fingerprint density at radius 2 is 1.32 bits per heavy atom. The zero-order valence-corrected chi connectivity index (χ0v) is 22.1. The monoisotopic (exact) mass is 530 g/mol. The zero-order valence-electron chi connectivity index (χ0n) is 22.1. The summed E-state index contributed by atoms with van der Waals surface area (Å²) in [6.07, 6.45) is 12.7. The number of halogens is 5. The third-order valence-electron chi connectivity index (χ3n) is 7.89. The van der Waals surface area contributed by atoms with Crippen LogP contribution in [0, 0.1) is 47.8 Å². The van der Waals surface area contributed by atoms with E-state index < -0.39 is 40.6 Å². The summed E-state index contributed by atoms with van der Waals surface area (Å²) < 4.78 is 74.9. The van der Waals surface area contributed by atoms with E-state index in [0.717, 1.165) is 30.7 Å². The van der Waals surface area contributed by atoms with Crippen molar-refractivity contribution in [1.82, 2.24) is 0 Å². The molecule has 0 N–H and O–H groups in total. The van der Waals surface area contributed by atoms with Gasteiger partial charge in [-0.1, -0.05) is 82.6 Å². The highest BCUT2D eigenvalue weighted by Crippen LogP contribution is 2.38. The molecule has 1 aliphatic carbocycles. The van der Waals surface area contributed by atoms with Gasteiger partial charge in [-0.15, -0.1) is 0 Å². The quantitative estimate of drug-likeness (QED) is 0.144. The van der Waals surface area contributed by atoms with Gasteiger partial charge in [0.1, 0.15) is 5.75 Å². The molecule has 0 atom stereocenters. The SMILES string of the molecule is CCCCCC1CCC(CCc2ccc(-c3cc(F)c(F)c(Oc4cc(F)c(F)c(F)c4)c3C)cc2)CC1. The molecule has 6 heteroatoms. The lowest BCUT2D eigenvalue weighted by Gasteiger charge is -2.28. The van der Waals surface area contributed by atoms with Gasteiger partial charge in [0.25, 0.3) is 0 Å². The number of unbranched alkanes of at least 4 members (excludes halogenated alkanes) is 2. The highest BCUT2D eigenvalue weighted by Gasteiger charge is 2.22. The van der Waals surface area contributed by atoms with Crippen LogP contribution in [-0.2, 0) is 6.42 Å². The van der Waals surface area contributed by atoms with Gasteiger partial charge >= 0.3 is 0 Å². The first kappa shape index (κ1) is 28.1. The second kappa shape index (κ2) is 12.8. The van der Waals surface area contributed by atoms with E-state index in [2.05, 4.69) is 6.92 Å². The molecule has 0 heterocycles. The Kier molecular flexibility index (Phi) is 9.45. The summed E-state index contributed by atoms with van der Waals surface area (Å²) in [5.41, 5.74) is 2.51. The predicted octanol–water partition coefficient (Wildman–Crippen LogP) is 10.5. The summed E-state index contributed by atoms with van der Waals surface area (Å²) in [4.78, 5) is 0. The van der Waals surface area contributed by atoms with Crippen LogP contribution < -0.4 is 4.74 Å². The van der Waals surface area contributed by atoms with E-state index in [0.29, 0.717) is 23.3 Å². The van der Waals surface area contributed by atoms with Crippen molar-refractivity contribution in [1.29, 1.82) is 0 Å². The standard InChI is InChI=1S/C32H35F5O/c1-3-4-5-6-21-7-9-22(10-8-21)11-12-23-13-15-24(16-14-23)26-19-29(35)31(37)32(20(26)2)38-25-17-27(33)30(36)28(34)18-25/h13-19,21-22H,3-12H2,1-2H3. The number of ether oxygens (including phenoxy) is 1. The second-order valence-corrected chi connectivity index (χ2v) is 10.6. The topological polar surface area (TPSA) is 9.23 Å². The van der Waals surface area contributed by atoms with Gasteiger partial charge in [-0.2, -0.15) is 4.39 Å². The minimum absolute atomic E-state index is 0.262. The molecule has 0 spiro atoms. The third-order valence-corrected chi connectivity index (χ3v) is 7.89. The lowest BCUT2D eigenvalue weighted by Crippen LogP contribution is -2.15. The van der Waals surface area contributed by atoms with Crippen LogP contribution in [0.3, 0.4) is 0 Å². The van der Waals surface area contributed by atoms with Crippen LogP contribution in [0.1, 0.15) is 75.8 Å². The second-order valence-electron chi connectivity index (χ2n) is 10.6. The van der Waals surface area contributed by atoms with Gasteiger partial charge in [0.2, 0.25) is 5.82 Å². The lowest BCUT2D eigenvalue weighted by atomic mass is 9.78. The van der Waals surface area contributed by atoms with Crippen LogP contribution in [0.4, 0.5) is 22.0 Å². The number of benzene rings is 3. The van der Waals surface area contributed by atoms with Crippen LogP contribution in [0.15, 0.2) is 42.5 Å². The summed E-state index contributed by atoms with van der Waals surface area (Å²) in [7, 11) is 0. The summed E-state index contributed by atoms with van der Waals surface area (Å²) in [5.74, 6) is -6.38. The van der Waals surface area contributed by atoms with Crippen molar-refractivity contribution in [3.63, 3.8) is 0 Å². The van der Waals surface area contributed by atoms with E-state index in [1.54, 1.807) is 0 Å². The predicted molar refractivity (Wildman–Crippen MR) is 141 cm³/mol. The fourth-order valence-corrected chi connectivity index (χ4v) is 5.54. The Morgan fingerprint density at radius 1 is 0.737 bits per heavy atom. The Labute approximate surface area is 222 Å². The first-order chi connectivity index (χ1) is 18.3. The minimum atomic E-state index is -1.66. The largest absolute Gasteiger partial charge is 0.454 e. The molecule has 3 aromatic carbocycles. The van der Waals surface area contributed by atoms with Gasteiger partial charge in [-0.25, -0.2) is 17.6 Å². The van der Waals surface area contributed by atoms with Gasteiger partial charge in [0.05, 0.1) is 0 Å². The van der Waals surface area contributed by atoms with Crippen molar-refractivity contribution in [3.8, 4) is 22.6 Å². The maximum Gasteiger partial charge on any atom is 0.201 e. The molecule has 0 bridgehead atoms. The van der Waals surface area contributed by atoms with E-state index in [-0.39, 0.29) is 5.56 Å². The number of rotatable bonds is 10. The maximum atomic E-state index is 14.6. The molecule has 1 nitrogen and oxygen atoms in total. The lowest BCUT2D eigenvalue weighted by molar-refractivity contribution is 0.249. The van der Waals surface area contributed by atoms with Gasteiger partial charge in [0.15, 0.2) is 29.0 Å². The number of hydrogen-bond donors (Lipinski definition) is 0. The Hall–Kier alpha value is -2.89. The Morgan fingerprint density at radius 3 is 1.92 bits per heavy atom. The van der Waals surface area contributed by atoms with Crippen LogP contribution in [-0.4, -0.2) is 0 Å². The molecule has 38 heavy (non-hydrogen) atoms. The molecule has 204 valence electrons. The highest BCUT2D eigenvalue weighted by atomic mass is 19.2. The number of hydrogen-bond acceptors (Lipinski definition) is 1. The van der Waals surface area contributed by atoms with Crippen molar-refractivity contribution in [2.24, 2.45) is 11.8 Å². The van der Waals surface area contributed by atoms with Crippen molar-refractivity contribution < 1.29 is 26.7 Å². The van der Waals surface area contributed by atoms with Crippen molar-refractivity contribution >= 4 is 0 Å². The molecule has 1 aliphatic rings. The summed E-state index contributed by atoms with van der Waals surface area (Å²) in [6, 6.07) is 9.99. The summed E-state index contributed by atoms with van der Waals surface area (Å²) in [6.45, 7) is 3.78. The fourth-order valence-electron chi connectivity index (χ4n) is 5.54. The average molecular weight is 531 g/mol. The van der Waals surface area contributed by atoms with Crippen LogP contribution in [0.2, 0.25) is 0 Å². The van der Waals surface area contributed by atoms with E-state index in [9.17, 15) is 22.0 Å². The minimum Gasteiger partial charge on any atom is -0.454 e. The molecule has 4 rings (SSSR count). The smallest absolute Gasteiger partial charge is 0.201 e. The average Bonchev–Trinajstić information content (AvgIpc) is 2.92. The molecule has 0 amide bonds. The van der Waals surface area contributed by atoms with Crippen LogP contribution in [0.5, 0.6) is 11.5 Å². The van der Waals surface area contributed by atoms with E-state index in [4.69, 9.17) is 4.74 Å². The molecule has 1 fully saturated rings. The molecule has 0 saturated heterocycles. The molecule has 0 radical (unpaired) electrons. The molecule has 1 saturated carbocycles. The Balaban J connectivity index is 1.42. The van der Waals surface area contributed by atoms with Gasteiger partial charge in [0, 0.05) is 17.7 Å². The van der Waals surface area contributed by atoms with Crippen LogP contribution in [0.25, 0.3) is 11.1 Å². The molecular formula is C32H35F5O. The third kappa shape index (κ3) is 6.75. The van der Waals surface area contributed by atoms with Crippen molar-refractivity contribution in [3.05, 3.63) is 82.7 Å². The Bertz CT molecular complexity index is 1210. The summed E-state index contributed by atoms with van der Waals surface area (Å²) >= 11 is 0. The first-order valence-corrected chi connectivity index (χ1v) is 13.7. The highest BCUT2D eigenvalue weighted by molar-refractivity contribution is 5.70. The zero-order chi connectivity index (χ0) is 27.2. The molecular weight excluding hydrogens is 495 g/mol. The maximum absolute atomic E-state index is 14.6. The van der Waals surface area contributed by atoms with Crippen molar-refractivity contribution in [2.45, 2.75) is 78.1 Å². The van der Waals surface area contributed by atoms with Gasteiger partial charge in [-0.05, 0) is 54.4 Å². The molecule has 0 unspecified atom stereocenters. The number of aryl methyl sites for hydroxylation is 1. The van der Waals surface area contributed by atoms with Crippen molar-refractivity contribution in [2.75, 3.05) is 0 Å². The molecule has 0 aliphatic heterocycles. The fraction of sp³-hybridized carbons (Fsp3) is 0.438. The van der Waals surface area contributed by atoms with E-state index in [1.807, 2.05) is 24.3 Å². The van der Waals surface area contributed by atoms with E-state index >= 15 is 0 Å². The first-order valence-electron chi connectivity index (χ1n) is 13.7. The van der Waals surface area contributed by atoms with Gasteiger partial charge < -0.3 is 4.74 Å². The van der Waals surface area contributed by atoms with Gasteiger partial charge in [-0.3, -0.25) is 0 Å². The summed E-state index contributed by atoms with van der Waals surface area (Å²) in [5, 5.41) is 0. The normalized spacial score (nSPS) is 17.6. The van der Waals surface area contributed by atoms with Crippen LogP contribution >= 0.6 is 0 Å². The van der Waals surface area contributed by atoms with E-state index in [1.165, 1.54) is 63.9 Å². The molecule has 3 aromatic rings.